The maximum Gasteiger partial charge on any atom is 0.243 e. The predicted molar refractivity (Wildman–Crippen MR) is 66.4 cm³/mol. The molecule has 2 aromatic rings. The van der Waals surface area contributed by atoms with E-state index in [1.54, 1.807) is 18.0 Å². The first-order chi connectivity index (χ1) is 8.22. The molecular weight excluding hydrogens is 238 g/mol. The van der Waals surface area contributed by atoms with E-state index in [-0.39, 0.29) is 6.04 Å². The average molecular weight is 253 g/mol. The van der Waals surface area contributed by atoms with Crippen LogP contribution in [0.2, 0.25) is 0 Å². The molecular formula is C10H15N5OS. The zero-order valence-corrected chi connectivity index (χ0v) is 10.6. The van der Waals surface area contributed by atoms with E-state index < -0.39 is 0 Å². The highest BCUT2D eigenvalue weighted by molar-refractivity contribution is 7.98. The monoisotopic (exact) mass is 253 g/mol. The van der Waals surface area contributed by atoms with Crippen molar-refractivity contribution in [1.82, 2.24) is 19.7 Å². The summed E-state index contributed by atoms with van der Waals surface area (Å²) in [5.41, 5.74) is 5.95. The van der Waals surface area contributed by atoms with Gasteiger partial charge in [0.15, 0.2) is 5.82 Å². The van der Waals surface area contributed by atoms with E-state index in [1.165, 1.54) is 0 Å². The van der Waals surface area contributed by atoms with Gasteiger partial charge >= 0.3 is 0 Å². The van der Waals surface area contributed by atoms with Crippen LogP contribution in [0.4, 0.5) is 0 Å². The molecule has 1 unspecified atom stereocenters. The third-order valence-electron chi connectivity index (χ3n) is 2.41. The van der Waals surface area contributed by atoms with E-state index in [0.29, 0.717) is 17.5 Å². The van der Waals surface area contributed by atoms with Crippen LogP contribution in [0.1, 0.15) is 18.4 Å². The van der Waals surface area contributed by atoms with Gasteiger partial charge in [0.05, 0.1) is 6.04 Å². The Morgan fingerprint density at radius 1 is 1.59 bits per heavy atom. The lowest BCUT2D eigenvalue weighted by Gasteiger charge is -2.03. The molecule has 0 aliphatic carbocycles. The maximum absolute atomic E-state index is 5.95. The summed E-state index contributed by atoms with van der Waals surface area (Å²) >= 11 is 1.75. The first kappa shape index (κ1) is 12.1. The predicted octanol–water partition coefficient (Wildman–Crippen LogP) is 1.22. The maximum atomic E-state index is 5.95. The number of imidazole rings is 1. The van der Waals surface area contributed by atoms with E-state index in [9.17, 15) is 0 Å². The van der Waals surface area contributed by atoms with Crippen molar-refractivity contribution in [1.29, 1.82) is 0 Å². The topological polar surface area (TPSA) is 82.8 Å². The summed E-state index contributed by atoms with van der Waals surface area (Å²) in [6.45, 7) is 0. The molecule has 0 aliphatic heterocycles. The van der Waals surface area contributed by atoms with Gasteiger partial charge in [0.1, 0.15) is 0 Å². The summed E-state index contributed by atoms with van der Waals surface area (Å²) in [5.74, 6) is 2.60. The Labute approximate surface area is 104 Å². The SMILES string of the molecule is CSCCC(N)c1nc(-c2nccn2C)no1. The number of aromatic nitrogens is 4. The third kappa shape index (κ3) is 2.67. The summed E-state index contributed by atoms with van der Waals surface area (Å²) in [5, 5.41) is 3.89. The molecule has 2 aromatic heterocycles. The summed E-state index contributed by atoms with van der Waals surface area (Å²) in [4.78, 5) is 8.42. The van der Waals surface area contributed by atoms with Crippen LogP contribution in [0.15, 0.2) is 16.9 Å². The van der Waals surface area contributed by atoms with Gasteiger partial charge in [-0.2, -0.15) is 16.7 Å². The molecule has 0 saturated carbocycles. The number of hydrogen-bond donors (Lipinski definition) is 1. The molecule has 0 radical (unpaired) electrons. The molecule has 6 nitrogen and oxygen atoms in total. The first-order valence-corrected chi connectivity index (χ1v) is 6.67. The highest BCUT2D eigenvalue weighted by atomic mass is 32.2. The van der Waals surface area contributed by atoms with E-state index >= 15 is 0 Å². The van der Waals surface area contributed by atoms with Crippen molar-refractivity contribution in [2.45, 2.75) is 12.5 Å². The normalized spacial score (nSPS) is 12.9. The Bertz CT molecular complexity index is 481. The van der Waals surface area contributed by atoms with Gasteiger partial charge in [-0.05, 0) is 18.4 Å². The van der Waals surface area contributed by atoms with Crippen LogP contribution in [0.5, 0.6) is 0 Å². The lowest BCUT2D eigenvalue weighted by molar-refractivity contribution is 0.353. The molecule has 0 amide bonds. The van der Waals surface area contributed by atoms with Crippen molar-refractivity contribution in [2.24, 2.45) is 12.8 Å². The molecule has 92 valence electrons. The van der Waals surface area contributed by atoms with Crippen molar-refractivity contribution < 1.29 is 4.52 Å². The first-order valence-electron chi connectivity index (χ1n) is 5.28. The Hall–Kier alpha value is -1.34. The van der Waals surface area contributed by atoms with Crippen molar-refractivity contribution in [3.8, 4) is 11.6 Å². The Morgan fingerprint density at radius 3 is 3.06 bits per heavy atom. The largest absolute Gasteiger partial charge is 0.337 e. The molecule has 1 atom stereocenters. The number of nitrogens with two attached hydrogens (primary N) is 1. The van der Waals surface area contributed by atoms with E-state index in [1.807, 2.05) is 24.1 Å². The van der Waals surface area contributed by atoms with Gasteiger partial charge in [0.25, 0.3) is 0 Å². The minimum absolute atomic E-state index is 0.205. The zero-order chi connectivity index (χ0) is 12.3. The summed E-state index contributed by atoms with van der Waals surface area (Å²) in [7, 11) is 1.88. The van der Waals surface area contributed by atoms with Gasteiger partial charge in [0.2, 0.25) is 11.7 Å². The smallest absolute Gasteiger partial charge is 0.243 e. The molecule has 2 heterocycles. The minimum Gasteiger partial charge on any atom is -0.337 e. The minimum atomic E-state index is -0.205. The van der Waals surface area contributed by atoms with Crippen LogP contribution >= 0.6 is 11.8 Å². The van der Waals surface area contributed by atoms with Crippen molar-refractivity contribution in [3.05, 3.63) is 18.3 Å². The van der Waals surface area contributed by atoms with Gasteiger partial charge in [0, 0.05) is 19.4 Å². The van der Waals surface area contributed by atoms with Crippen LogP contribution in [0.3, 0.4) is 0 Å². The van der Waals surface area contributed by atoms with Crippen molar-refractivity contribution in [3.63, 3.8) is 0 Å². The molecule has 0 fully saturated rings. The molecule has 7 heteroatoms. The lowest BCUT2D eigenvalue weighted by atomic mass is 10.2. The summed E-state index contributed by atoms with van der Waals surface area (Å²) in [6.07, 6.45) is 6.39. The van der Waals surface area contributed by atoms with Crippen LogP contribution in [-0.4, -0.2) is 31.7 Å². The Balaban J connectivity index is 2.13. The van der Waals surface area contributed by atoms with Gasteiger partial charge < -0.3 is 14.8 Å². The Morgan fingerprint density at radius 2 is 2.41 bits per heavy atom. The van der Waals surface area contributed by atoms with Crippen LogP contribution in [0, 0.1) is 0 Å². The fourth-order valence-corrected chi connectivity index (χ4v) is 1.92. The number of nitrogens with zero attached hydrogens (tertiary/aromatic N) is 4. The second-order valence-electron chi connectivity index (χ2n) is 3.71. The molecule has 17 heavy (non-hydrogen) atoms. The van der Waals surface area contributed by atoms with E-state index in [0.717, 1.165) is 12.2 Å². The molecule has 0 aliphatic rings. The fraction of sp³-hybridized carbons (Fsp3) is 0.500. The average Bonchev–Trinajstić information content (AvgIpc) is 2.93. The van der Waals surface area contributed by atoms with Crippen LogP contribution < -0.4 is 5.73 Å². The van der Waals surface area contributed by atoms with Crippen molar-refractivity contribution >= 4 is 11.8 Å². The Kier molecular flexibility index (Phi) is 3.80. The van der Waals surface area contributed by atoms with Gasteiger partial charge in [-0.25, -0.2) is 4.98 Å². The van der Waals surface area contributed by atoms with Crippen LogP contribution in [0.25, 0.3) is 11.6 Å². The van der Waals surface area contributed by atoms with Gasteiger partial charge in [-0.3, -0.25) is 0 Å². The van der Waals surface area contributed by atoms with Crippen molar-refractivity contribution in [2.75, 3.05) is 12.0 Å². The number of hydrogen-bond acceptors (Lipinski definition) is 6. The molecule has 0 spiro atoms. The molecule has 2 N–H and O–H groups in total. The number of rotatable bonds is 5. The molecule has 0 bridgehead atoms. The van der Waals surface area contributed by atoms with Gasteiger partial charge in [-0.15, -0.1) is 0 Å². The van der Waals surface area contributed by atoms with Crippen LogP contribution in [-0.2, 0) is 7.05 Å². The molecule has 2 rings (SSSR count). The highest BCUT2D eigenvalue weighted by Crippen LogP contribution is 2.18. The fourth-order valence-electron chi connectivity index (χ4n) is 1.43. The quantitative estimate of drug-likeness (QED) is 0.862. The van der Waals surface area contributed by atoms with E-state index in [2.05, 4.69) is 15.1 Å². The number of thioether (sulfide) groups is 1. The second-order valence-corrected chi connectivity index (χ2v) is 4.69. The summed E-state index contributed by atoms with van der Waals surface area (Å²) in [6, 6.07) is -0.205. The standard InChI is InChI=1S/C10H15N5OS/c1-15-5-4-12-9(15)8-13-10(16-14-8)7(11)3-6-17-2/h4-5,7H,3,6,11H2,1-2H3. The molecule has 0 saturated heterocycles. The molecule has 0 aromatic carbocycles. The summed E-state index contributed by atoms with van der Waals surface area (Å²) < 4.78 is 6.99. The lowest BCUT2D eigenvalue weighted by Crippen LogP contribution is -2.11. The zero-order valence-electron chi connectivity index (χ0n) is 9.83. The number of aryl methyl sites for hydroxylation is 1. The van der Waals surface area contributed by atoms with Gasteiger partial charge in [-0.1, -0.05) is 5.16 Å². The highest BCUT2D eigenvalue weighted by Gasteiger charge is 2.17. The second kappa shape index (κ2) is 5.33. The van der Waals surface area contributed by atoms with E-state index in [4.69, 9.17) is 10.3 Å². The third-order valence-corrected chi connectivity index (χ3v) is 3.06.